The highest BCUT2D eigenvalue weighted by molar-refractivity contribution is 5.75. The average molecular weight is 268 g/mol. The number of hydrogen-bond donors (Lipinski definition) is 2. The zero-order valence-electron chi connectivity index (χ0n) is 11.6. The highest BCUT2D eigenvalue weighted by Gasteiger charge is 2.32. The first-order valence-corrected chi connectivity index (χ1v) is 7.38. The molecule has 2 N–H and O–H groups in total. The van der Waals surface area contributed by atoms with Gasteiger partial charge in [-0.2, -0.15) is 0 Å². The van der Waals surface area contributed by atoms with Gasteiger partial charge in [0.1, 0.15) is 0 Å². The van der Waals surface area contributed by atoms with Crippen LogP contribution >= 0.6 is 0 Å². The summed E-state index contributed by atoms with van der Waals surface area (Å²) in [4.78, 5) is 24.8. The molecule has 0 radical (unpaired) electrons. The van der Waals surface area contributed by atoms with Gasteiger partial charge < -0.3 is 15.3 Å². The summed E-state index contributed by atoms with van der Waals surface area (Å²) in [6, 6.07) is 0.0306. The maximum atomic E-state index is 12.1. The van der Waals surface area contributed by atoms with Crippen LogP contribution in [0.5, 0.6) is 0 Å². The van der Waals surface area contributed by atoms with Gasteiger partial charge in [0, 0.05) is 19.1 Å². The number of amides is 2. The zero-order valence-corrected chi connectivity index (χ0v) is 11.6. The van der Waals surface area contributed by atoms with Crippen LogP contribution in [0.4, 0.5) is 4.79 Å². The third-order valence-electron chi connectivity index (χ3n) is 4.59. The van der Waals surface area contributed by atoms with Crippen molar-refractivity contribution in [2.45, 2.75) is 51.5 Å². The molecule has 1 heterocycles. The number of nitrogens with one attached hydrogen (secondary N) is 1. The second-order valence-electron chi connectivity index (χ2n) is 5.83. The van der Waals surface area contributed by atoms with E-state index in [4.69, 9.17) is 5.11 Å². The Hall–Kier alpha value is -1.26. The number of aliphatic carboxylic acids is 1. The summed E-state index contributed by atoms with van der Waals surface area (Å²) in [5.41, 5.74) is 0. The van der Waals surface area contributed by atoms with Gasteiger partial charge in [-0.05, 0) is 38.0 Å². The molecular weight excluding hydrogens is 244 g/mol. The van der Waals surface area contributed by atoms with E-state index in [0.29, 0.717) is 12.8 Å². The summed E-state index contributed by atoms with van der Waals surface area (Å²) < 4.78 is 0. The first-order valence-electron chi connectivity index (χ1n) is 7.38. The van der Waals surface area contributed by atoms with Crippen LogP contribution in [-0.4, -0.2) is 41.1 Å². The smallest absolute Gasteiger partial charge is 0.317 e. The molecule has 2 unspecified atom stereocenters. The number of hydrogen-bond acceptors (Lipinski definition) is 2. The molecule has 1 saturated heterocycles. The van der Waals surface area contributed by atoms with Crippen LogP contribution in [0.25, 0.3) is 0 Å². The van der Waals surface area contributed by atoms with Gasteiger partial charge in [-0.15, -0.1) is 0 Å². The SMILES string of the molecule is CCC1CCN(C(=O)NC2CCC(C(=O)O)C2)CC1. The van der Waals surface area contributed by atoms with Gasteiger partial charge in [-0.25, -0.2) is 4.79 Å². The van der Waals surface area contributed by atoms with Gasteiger partial charge in [0.2, 0.25) is 0 Å². The fourth-order valence-electron chi connectivity index (χ4n) is 3.15. The maximum Gasteiger partial charge on any atom is 0.317 e. The van der Waals surface area contributed by atoms with E-state index in [9.17, 15) is 9.59 Å². The minimum Gasteiger partial charge on any atom is -0.481 e. The molecule has 1 aliphatic carbocycles. The molecule has 2 rings (SSSR count). The highest BCUT2D eigenvalue weighted by atomic mass is 16.4. The van der Waals surface area contributed by atoms with Crippen LogP contribution in [-0.2, 0) is 4.79 Å². The van der Waals surface area contributed by atoms with Crippen LogP contribution in [0.2, 0.25) is 0 Å². The van der Waals surface area contributed by atoms with Crippen LogP contribution in [0.15, 0.2) is 0 Å². The summed E-state index contributed by atoms with van der Waals surface area (Å²) in [5, 5.41) is 11.9. The Bertz CT molecular complexity index is 338. The lowest BCUT2D eigenvalue weighted by Gasteiger charge is -2.32. The molecule has 0 aromatic heterocycles. The number of rotatable bonds is 3. The van der Waals surface area contributed by atoms with E-state index in [2.05, 4.69) is 12.2 Å². The fourth-order valence-corrected chi connectivity index (χ4v) is 3.15. The van der Waals surface area contributed by atoms with Gasteiger partial charge in [0.15, 0.2) is 0 Å². The summed E-state index contributed by atoms with van der Waals surface area (Å²) in [5.74, 6) is -0.261. The molecule has 2 atom stereocenters. The second kappa shape index (κ2) is 6.26. The van der Waals surface area contributed by atoms with Crippen LogP contribution in [0.3, 0.4) is 0 Å². The van der Waals surface area contributed by atoms with Crippen molar-refractivity contribution in [1.29, 1.82) is 0 Å². The van der Waals surface area contributed by atoms with E-state index in [1.54, 1.807) is 0 Å². The van der Waals surface area contributed by atoms with E-state index in [1.165, 1.54) is 6.42 Å². The molecule has 1 saturated carbocycles. The molecule has 1 aliphatic heterocycles. The molecule has 5 nitrogen and oxygen atoms in total. The van der Waals surface area contributed by atoms with Gasteiger partial charge in [0.25, 0.3) is 0 Å². The summed E-state index contributed by atoms with van der Waals surface area (Å²) in [7, 11) is 0. The Labute approximate surface area is 114 Å². The lowest BCUT2D eigenvalue weighted by Crippen LogP contribution is -2.47. The van der Waals surface area contributed by atoms with Gasteiger partial charge in [-0.1, -0.05) is 13.3 Å². The summed E-state index contributed by atoms with van der Waals surface area (Å²) in [6.07, 6.45) is 5.41. The predicted octanol–water partition coefficient (Wildman–Crippen LogP) is 2.07. The number of carbonyl (C=O) groups is 2. The third-order valence-corrected chi connectivity index (χ3v) is 4.59. The minimum atomic E-state index is -0.736. The Morgan fingerprint density at radius 3 is 2.42 bits per heavy atom. The van der Waals surface area contributed by atoms with Crippen molar-refractivity contribution in [2.24, 2.45) is 11.8 Å². The van der Waals surface area contributed by atoms with E-state index in [1.807, 2.05) is 4.90 Å². The maximum absolute atomic E-state index is 12.1. The zero-order chi connectivity index (χ0) is 13.8. The monoisotopic (exact) mass is 268 g/mol. The standard InChI is InChI=1S/C14H24N2O3/c1-2-10-5-7-16(8-6-10)14(19)15-12-4-3-11(9-12)13(17)18/h10-12H,2-9H2,1H3,(H,15,19)(H,17,18). The third kappa shape index (κ3) is 3.61. The second-order valence-corrected chi connectivity index (χ2v) is 5.83. The molecule has 2 amide bonds. The molecule has 2 fully saturated rings. The lowest BCUT2D eigenvalue weighted by molar-refractivity contribution is -0.141. The highest BCUT2D eigenvalue weighted by Crippen LogP contribution is 2.26. The quantitative estimate of drug-likeness (QED) is 0.823. The normalized spacial score (nSPS) is 28.4. The minimum absolute atomic E-state index is 0.00871. The van der Waals surface area contributed by atoms with Gasteiger partial charge in [0.05, 0.1) is 5.92 Å². The molecule has 0 aromatic rings. The molecule has 5 heteroatoms. The van der Waals surface area contributed by atoms with Crippen LogP contribution < -0.4 is 5.32 Å². The predicted molar refractivity (Wildman–Crippen MR) is 71.9 cm³/mol. The number of urea groups is 1. The topological polar surface area (TPSA) is 69.6 Å². The summed E-state index contributed by atoms with van der Waals surface area (Å²) >= 11 is 0. The molecule has 2 aliphatic rings. The first-order chi connectivity index (χ1) is 9.10. The summed E-state index contributed by atoms with van der Waals surface area (Å²) in [6.45, 7) is 3.86. The fraction of sp³-hybridized carbons (Fsp3) is 0.857. The van der Waals surface area contributed by atoms with Gasteiger partial charge in [-0.3, -0.25) is 4.79 Å². The first kappa shape index (κ1) is 14.2. The largest absolute Gasteiger partial charge is 0.481 e. The van der Waals surface area contributed by atoms with Crippen LogP contribution in [0.1, 0.15) is 45.4 Å². The van der Waals surface area contributed by atoms with Crippen molar-refractivity contribution >= 4 is 12.0 Å². The number of likely N-dealkylation sites (tertiary alicyclic amines) is 1. The number of piperidine rings is 1. The number of nitrogens with zero attached hydrogens (tertiary/aromatic N) is 1. The Balaban J connectivity index is 1.75. The molecule has 19 heavy (non-hydrogen) atoms. The molecule has 0 spiro atoms. The Morgan fingerprint density at radius 1 is 1.21 bits per heavy atom. The van der Waals surface area contributed by atoms with Crippen molar-refractivity contribution in [3.63, 3.8) is 0 Å². The van der Waals surface area contributed by atoms with Crippen molar-refractivity contribution in [3.05, 3.63) is 0 Å². The number of carboxylic acid groups (broad SMARTS) is 1. The van der Waals surface area contributed by atoms with E-state index in [-0.39, 0.29) is 18.0 Å². The Kier molecular flexibility index (Phi) is 4.66. The van der Waals surface area contributed by atoms with Crippen molar-refractivity contribution in [3.8, 4) is 0 Å². The number of carbonyl (C=O) groups excluding carboxylic acids is 1. The molecule has 0 bridgehead atoms. The van der Waals surface area contributed by atoms with E-state index < -0.39 is 5.97 Å². The average Bonchev–Trinajstić information content (AvgIpc) is 2.87. The van der Waals surface area contributed by atoms with Crippen molar-refractivity contribution < 1.29 is 14.7 Å². The lowest BCUT2D eigenvalue weighted by atomic mass is 9.95. The van der Waals surface area contributed by atoms with E-state index >= 15 is 0 Å². The van der Waals surface area contributed by atoms with Crippen molar-refractivity contribution in [2.75, 3.05) is 13.1 Å². The van der Waals surface area contributed by atoms with Crippen LogP contribution in [0, 0.1) is 11.8 Å². The molecular formula is C14H24N2O3. The Morgan fingerprint density at radius 2 is 1.89 bits per heavy atom. The molecule has 108 valence electrons. The number of carboxylic acids is 1. The van der Waals surface area contributed by atoms with Gasteiger partial charge >= 0.3 is 12.0 Å². The van der Waals surface area contributed by atoms with Crippen molar-refractivity contribution in [1.82, 2.24) is 10.2 Å². The molecule has 0 aromatic carbocycles. The van der Waals surface area contributed by atoms with E-state index in [0.717, 1.165) is 38.3 Å².